The molecule has 134 heavy (non-hydrogen) atoms. The fraction of sp³-hybridized carbons (Fsp3) is 0.323. The van der Waals surface area contributed by atoms with Crippen LogP contribution in [0.3, 0.4) is 0 Å². The van der Waals surface area contributed by atoms with Gasteiger partial charge in [-0.1, -0.05) is 39.5 Å². The molecule has 10 aromatic heterocycles. The fourth-order valence-corrected chi connectivity index (χ4v) is 20.0. The fourth-order valence-electron chi connectivity index (χ4n) is 15.9. The first-order chi connectivity index (χ1) is 64.4. The summed E-state index contributed by atoms with van der Waals surface area (Å²) in [6.45, 7) is 21.5. The number of likely N-dealkylation sites (tertiary alicyclic amines) is 2. The zero-order chi connectivity index (χ0) is 95.6. The van der Waals surface area contributed by atoms with Gasteiger partial charge in [0, 0.05) is 107 Å². The zero-order valence-electron chi connectivity index (χ0n) is 75.8. The van der Waals surface area contributed by atoms with Crippen molar-refractivity contribution in [1.82, 2.24) is 69.3 Å². The molecule has 3 aliphatic rings. The summed E-state index contributed by atoms with van der Waals surface area (Å²) in [6, 6.07) is 33.8. The number of carbonyl (C=O) groups excluding carboxylic acids is 4. The maximum Gasteiger partial charge on any atom is 0.357 e. The van der Waals surface area contributed by atoms with Crippen LogP contribution in [0.15, 0.2) is 172 Å². The van der Waals surface area contributed by atoms with Crippen LogP contribution in [0.25, 0.3) is 82.3 Å². The molecule has 0 bridgehead atoms. The van der Waals surface area contributed by atoms with Gasteiger partial charge in [-0.2, -0.15) is 48.9 Å². The lowest BCUT2D eigenvalue weighted by molar-refractivity contribution is 0.0673. The van der Waals surface area contributed by atoms with Crippen LogP contribution in [0, 0.1) is 32.6 Å². The summed E-state index contributed by atoms with van der Waals surface area (Å²) in [5, 5.41) is 60.4. The average molecular weight is 1910 g/mol. The molecule has 3 fully saturated rings. The van der Waals surface area contributed by atoms with Crippen molar-refractivity contribution in [2.24, 2.45) is 11.8 Å². The van der Waals surface area contributed by atoms with Gasteiger partial charge in [0.1, 0.15) is 41.5 Å². The molecule has 3 saturated heterocycles. The number of hydrogen-bond acceptors (Lipinski definition) is 28. The lowest BCUT2D eigenvalue weighted by Crippen LogP contribution is -2.39. The highest BCUT2D eigenvalue weighted by atomic mass is 32.1. The van der Waals surface area contributed by atoms with Gasteiger partial charge in [0.15, 0.2) is 28.5 Å². The lowest BCUT2D eigenvalue weighted by Gasteiger charge is -2.31. The van der Waals surface area contributed by atoms with Gasteiger partial charge in [-0.3, -0.25) is 43.2 Å². The van der Waals surface area contributed by atoms with E-state index in [1.165, 1.54) is 113 Å². The van der Waals surface area contributed by atoms with Crippen LogP contribution in [0.1, 0.15) is 160 Å². The summed E-state index contributed by atoms with van der Waals surface area (Å²) in [7, 11) is 4.71. The van der Waals surface area contributed by atoms with Crippen molar-refractivity contribution >= 4 is 150 Å². The normalized spacial score (nSPS) is 13.8. The Hall–Kier alpha value is -13.8. The number of methoxy groups -OCH3 is 3. The molecule has 3 aliphatic heterocycles. The summed E-state index contributed by atoms with van der Waals surface area (Å²) >= 11 is 6.71. The van der Waals surface area contributed by atoms with E-state index < -0.39 is 5.97 Å². The quantitative estimate of drug-likeness (QED) is 0.0343. The van der Waals surface area contributed by atoms with Gasteiger partial charge >= 0.3 is 5.97 Å². The van der Waals surface area contributed by atoms with Gasteiger partial charge < -0.3 is 65.8 Å². The molecule has 8 N–H and O–H groups in total. The first kappa shape index (κ1) is 96.3. The molecule has 18 rings (SSSR count). The number of thiophene rings is 5. The Kier molecular flexibility index (Phi) is 30.5. The van der Waals surface area contributed by atoms with Crippen molar-refractivity contribution < 1.29 is 57.9 Å². The molecule has 33 nitrogen and oxygen atoms in total. The Labute approximate surface area is 788 Å². The number of aromatic hydroxyl groups is 1. The first-order valence-corrected chi connectivity index (χ1v) is 48.0. The number of carboxylic acid groups (broad SMARTS) is 1. The minimum absolute atomic E-state index is 0.0312. The van der Waals surface area contributed by atoms with Crippen molar-refractivity contribution in [3.8, 4) is 57.2 Å². The number of aromatic nitrogens is 10. The highest BCUT2D eigenvalue weighted by Gasteiger charge is 2.33. The van der Waals surface area contributed by atoms with Crippen molar-refractivity contribution in [2.75, 3.05) is 72.2 Å². The number of aromatic carboxylic acids is 1. The molecule has 4 amide bonds. The van der Waals surface area contributed by atoms with Crippen LogP contribution >= 0.6 is 56.7 Å². The van der Waals surface area contributed by atoms with Crippen LogP contribution < -0.4 is 68.8 Å². The van der Waals surface area contributed by atoms with E-state index in [-0.39, 0.29) is 104 Å². The van der Waals surface area contributed by atoms with Crippen molar-refractivity contribution in [3.63, 3.8) is 0 Å². The van der Waals surface area contributed by atoms with Crippen LogP contribution in [0.4, 0.5) is 10.0 Å². The molecule has 15 aromatic rings. The zero-order valence-corrected chi connectivity index (χ0v) is 79.9. The minimum Gasteiger partial charge on any atom is -0.508 e. The van der Waals surface area contributed by atoms with Gasteiger partial charge in [0.25, 0.3) is 51.4 Å². The first-order valence-electron chi connectivity index (χ1n) is 43.6. The molecule has 13 heterocycles. The predicted molar refractivity (Wildman–Crippen MR) is 525 cm³/mol. The Morgan fingerprint density at radius 1 is 0.425 bits per heavy atom. The van der Waals surface area contributed by atoms with Crippen molar-refractivity contribution in [2.45, 2.75) is 132 Å². The lowest BCUT2D eigenvalue weighted by atomic mass is 9.92. The number of nitrogens with two attached hydrogens (primary N) is 2. The molecule has 0 spiro atoms. The van der Waals surface area contributed by atoms with E-state index in [0.29, 0.717) is 160 Å². The summed E-state index contributed by atoms with van der Waals surface area (Å²) in [4.78, 5) is 134. The topological polar surface area (TPSA) is 432 Å². The van der Waals surface area contributed by atoms with E-state index in [1.54, 1.807) is 159 Å². The summed E-state index contributed by atoms with van der Waals surface area (Å²) in [5.74, 6) is 2.07. The molecule has 1 unspecified atom stereocenters. The molecule has 0 radical (unpaired) electrons. The maximum absolute atomic E-state index is 13.4. The van der Waals surface area contributed by atoms with Gasteiger partial charge in [0.2, 0.25) is 0 Å². The second-order valence-electron chi connectivity index (χ2n) is 32.8. The number of nitrogens with one attached hydrogen (secondary N) is 2. The number of hydrogen-bond donors (Lipinski definition) is 6. The summed E-state index contributed by atoms with van der Waals surface area (Å²) in [5.41, 5.74) is 14.3. The number of carbonyl (C=O) groups is 5. The number of benzene rings is 5. The Bertz CT molecular complexity index is 7000. The number of nitrogen functional groups attached to an aromatic ring is 2. The number of nitrogens with zero attached hydrogens (tertiary/aromatic N) is 12. The van der Waals surface area contributed by atoms with Crippen molar-refractivity contribution in [3.05, 3.63) is 243 Å². The molecule has 698 valence electrons. The van der Waals surface area contributed by atoms with E-state index in [9.17, 15) is 58.2 Å². The number of epoxide rings is 1. The number of carboxylic acids is 1. The Morgan fingerprint density at radius 2 is 0.701 bits per heavy atom. The molecular weight excluding hydrogens is 1810 g/mol. The number of rotatable bonds is 22. The largest absolute Gasteiger partial charge is 0.508 e. The number of fused-ring (bicyclic) bond motifs is 5. The van der Waals surface area contributed by atoms with Crippen LogP contribution in [-0.4, -0.2) is 177 Å². The van der Waals surface area contributed by atoms with Crippen LogP contribution in [0.5, 0.6) is 28.7 Å². The maximum atomic E-state index is 13.4. The molecule has 0 aliphatic carbocycles. The third kappa shape index (κ3) is 21.1. The second kappa shape index (κ2) is 42.4. The third-order valence-electron chi connectivity index (χ3n) is 22.9. The van der Waals surface area contributed by atoms with Crippen LogP contribution in [0.2, 0.25) is 0 Å². The smallest absolute Gasteiger partial charge is 0.357 e. The van der Waals surface area contributed by atoms with E-state index in [4.69, 9.17) is 35.2 Å². The Morgan fingerprint density at radius 3 is 1.00 bits per heavy atom. The second-order valence-corrected chi connectivity index (χ2v) is 37.9. The molecule has 0 saturated carbocycles. The van der Waals surface area contributed by atoms with Gasteiger partial charge in [-0.05, 0) is 207 Å². The third-order valence-corrected chi connectivity index (χ3v) is 27.3. The standard InChI is InChI=1S/2C22H26N4O3S.C20H21N3O4S.C17H17N3O3S.C15H12N2O4S/c2*1-3-4-14-9-11-25(12-10-14)22(28)19-17-13-30-20(23)18(17)21(27)26(24-19)15-5-7-16(29-2)8-6-15;1-11(2)21-19(24)18-16-10-28-12(3)17(16)20(25)23(22-18)13-4-6-14(7-5-13)26-8-15-9-27-15;1-9(2)18-16(22)15-13-8-24-10(3)14(13)17(23)20(19-15)11-4-6-12(21)7-5-11;1-8-12-11(7-22-8)13(15(19)20)16-17(14(12)18)9-3-5-10(21-2)6-4-9/h2*5-8,13-14H,3-4,9-12,23H2,1-2H3;4-7,10-11,15H,8-9H2,1-3H3,(H,21,24);4-9,21H,1-3H3,(H,18,22);3-7H,1-2H3,(H,19,20). The molecule has 38 heteroatoms. The Balaban J connectivity index is 0.000000135. The molecular formula is C96H102N16O17S5. The number of phenolic OH excluding ortho intramolecular Hbond substituents is 1. The van der Waals surface area contributed by atoms with E-state index in [1.807, 2.05) is 56.7 Å². The van der Waals surface area contributed by atoms with Gasteiger partial charge in [-0.15, -0.1) is 56.7 Å². The highest BCUT2D eigenvalue weighted by molar-refractivity contribution is 7.16. The van der Waals surface area contributed by atoms with E-state index in [2.05, 4.69) is 50.0 Å². The highest BCUT2D eigenvalue weighted by Crippen LogP contribution is 2.35. The van der Waals surface area contributed by atoms with Gasteiger partial charge in [-0.25, -0.2) is 4.79 Å². The molecule has 5 aromatic carbocycles. The number of ether oxygens (including phenoxy) is 5. The monoisotopic (exact) mass is 1910 g/mol. The number of amides is 4. The molecule has 1 atom stereocenters. The SMILES string of the molecule is CCCC1CCN(C(=O)c2nn(-c3ccc(OC)cc3)c(=O)c3c(N)scc23)CC1.CCCC1CCN(C(=O)c2nn(-c3ccc(OC)cc3)c(=O)c3c(N)scc23)CC1.COc1ccc(-n2nc(C(=O)O)c3csc(C)c3c2=O)cc1.Cc1scc2c(C(=O)NC(C)C)nn(-c3ccc(O)cc3)c(=O)c12.Cc1scc2c(C(=O)NC(C)C)nn(-c3ccc(OCC4CO4)cc3)c(=O)c12. The van der Waals surface area contributed by atoms with Crippen LogP contribution in [-0.2, 0) is 4.74 Å². The predicted octanol–water partition coefficient (Wildman–Crippen LogP) is 15.1. The number of anilines is 2. The van der Waals surface area contributed by atoms with Crippen molar-refractivity contribution in [1.29, 1.82) is 0 Å². The number of phenols is 1. The summed E-state index contributed by atoms with van der Waals surface area (Å²) in [6.07, 6.45) is 8.94. The summed E-state index contributed by atoms with van der Waals surface area (Å²) < 4.78 is 32.4. The number of aryl methyl sites for hydroxylation is 3. The average Bonchev–Trinajstić information content (AvgIpc) is 1.61. The van der Waals surface area contributed by atoms with Gasteiger partial charge in [0.05, 0.1) is 93.3 Å². The van der Waals surface area contributed by atoms with E-state index >= 15 is 0 Å². The van der Waals surface area contributed by atoms with E-state index in [0.717, 1.165) is 51.6 Å². The minimum atomic E-state index is -1.16. The number of piperidine rings is 2.